The Morgan fingerprint density at radius 2 is 2.00 bits per heavy atom. The monoisotopic (exact) mass is 214 g/mol. The molecule has 80 valence electrons. The van der Waals surface area contributed by atoms with Gasteiger partial charge in [-0.3, -0.25) is 0 Å². The summed E-state index contributed by atoms with van der Waals surface area (Å²) in [5.74, 6) is 0. The molecule has 0 aliphatic carbocycles. The average molecular weight is 214 g/mol. The fourth-order valence-electron chi connectivity index (χ4n) is 2.29. The van der Waals surface area contributed by atoms with Gasteiger partial charge >= 0.3 is 6.18 Å². The highest BCUT2D eigenvalue weighted by Crippen LogP contribution is 2.52. The van der Waals surface area contributed by atoms with E-state index in [1.165, 1.54) is 5.01 Å². The van der Waals surface area contributed by atoms with E-state index in [2.05, 4.69) is 5.43 Å². The molecule has 2 atom stereocenters. The molecular formula is C10H9F3N2. The van der Waals surface area contributed by atoms with Crippen LogP contribution in [0.2, 0.25) is 0 Å². The van der Waals surface area contributed by atoms with E-state index in [4.69, 9.17) is 0 Å². The van der Waals surface area contributed by atoms with Crippen LogP contribution in [0.4, 0.5) is 13.2 Å². The summed E-state index contributed by atoms with van der Waals surface area (Å²) in [4.78, 5) is 0. The van der Waals surface area contributed by atoms with Crippen LogP contribution in [0.25, 0.3) is 0 Å². The zero-order valence-corrected chi connectivity index (χ0v) is 7.80. The normalized spacial score (nSPS) is 33.1. The molecule has 0 aromatic heterocycles. The largest absolute Gasteiger partial charge is 0.426 e. The van der Waals surface area contributed by atoms with Gasteiger partial charge in [0.15, 0.2) is 0 Å². The van der Waals surface area contributed by atoms with Gasteiger partial charge < -0.3 is 0 Å². The van der Waals surface area contributed by atoms with Crippen molar-refractivity contribution < 1.29 is 13.2 Å². The molecule has 1 fully saturated rings. The summed E-state index contributed by atoms with van der Waals surface area (Å²) in [7, 11) is 0. The van der Waals surface area contributed by atoms with Crippen LogP contribution in [0.1, 0.15) is 11.1 Å². The highest BCUT2D eigenvalue weighted by Gasteiger charge is 2.72. The number of fused-ring (bicyclic) bond motifs is 3. The van der Waals surface area contributed by atoms with Crippen LogP contribution in [-0.4, -0.2) is 17.7 Å². The first-order chi connectivity index (χ1) is 7.06. The highest BCUT2D eigenvalue weighted by atomic mass is 19.4. The fourth-order valence-corrected chi connectivity index (χ4v) is 2.29. The lowest BCUT2D eigenvalue weighted by Crippen LogP contribution is -2.39. The second-order valence-electron chi connectivity index (χ2n) is 3.88. The van der Waals surface area contributed by atoms with Crippen molar-refractivity contribution in [3.05, 3.63) is 35.4 Å². The minimum absolute atomic E-state index is 0.351. The topological polar surface area (TPSA) is 25.0 Å². The van der Waals surface area contributed by atoms with Gasteiger partial charge in [-0.2, -0.15) is 13.2 Å². The molecule has 1 saturated heterocycles. The zero-order chi connectivity index (χ0) is 10.7. The Bertz CT molecular complexity index is 415. The predicted molar refractivity (Wildman–Crippen MR) is 47.7 cm³/mol. The van der Waals surface area contributed by atoms with Crippen molar-refractivity contribution in [1.82, 2.24) is 10.4 Å². The first-order valence-electron chi connectivity index (χ1n) is 4.76. The van der Waals surface area contributed by atoms with Crippen LogP contribution in [0.15, 0.2) is 24.3 Å². The maximum absolute atomic E-state index is 12.9. The standard InChI is InChI=1S/C10H9F3N2/c11-10(12,13)9-8-4-2-1-3-7(8)5-6-15(9)14-9/h1-4,14H,5-6H2. The van der Waals surface area contributed by atoms with Gasteiger partial charge in [0.2, 0.25) is 5.66 Å². The van der Waals surface area contributed by atoms with Crippen LogP contribution in [-0.2, 0) is 12.1 Å². The van der Waals surface area contributed by atoms with Gasteiger partial charge in [0.05, 0.1) is 0 Å². The van der Waals surface area contributed by atoms with Gasteiger partial charge in [0, 0.05) is 12.1 Å². The van der Waals surface area contributed by atoms with Crippen LogP contribution in [0.3, 0.4) is 0 Å². The van der Waals surface area contributed by atoms with E-state index in [0.29, 0.717) is 18.5 Å². The Morgan fingerprint density at radius 1 is 1.27 bits per heavy atom. The molecule has 1 aromatic rings. The summed E-state index contributed by atoms with van der Waals surface area (Å²) in [6.45, 7) is 0.413. The van der Waals surface area contributed by atoms with E-state index >= 15 is 0 Å². The van der Waals surface area contributed by atoms with E-state index in [9.17, 15) is 13.2 Å². The van der Waals surface area contributed by atoms with Crippen molar-refractivity contribution in [2.75, 3.05) is 6.54 Å². The van der Waals surface area contributed by atoms with Crippen molar-refractivity contribution in [2.45, 2.75) is 18.3 Å². The number of nitrogens with one attached hydrogen (secondary N) is 1. The summed E-state index contributed by atoms with van der Waals surface area (Å²) < 4.78 is 38.8. The van der Waals surface area contributed by atoms with E-state index < -0.39 is 11.8 Å². The lowest BCUT2D eigenvalue weighted by atomic mass is 9.92. The number of nitrogens with zero attached hydrogens (tertiary/aromatic N) is 1. The van der Waals surface area contributed by atoms with Crippen LogP contribution in [0, 0.1) is 0 Å². The molecule has 2 unspecified atom stereocenters. The molecule has 2 aliphatic heterocycles. The van der Waals surface area contributed by atoms with E-state index in [1.807, 2.05) is 0 Å². The third-order valence-electron chi connectivity index (χ3n) is 3.07. The van der Waals surface area contributed by atoms with Crippen molar-refractivity contribution in [2.24, 2.45) is 0 Å². The molecule has 2 nitrogen and oxygen atoms in total. The molecule has 1 aromatic carbocycles. The summed E-state index contributed by atoms with van der Waals surface area (Å²) >= 11 is 0. The van der Waals surface area contributed by atoms with Gasteiger partial charge in [-0.25, -0.2) is 10.4 Å². The summed E-state index contributed by atoms with van der Waals surface area (Å²) in [5, 5.41) is 1.26. The molecule has 0 spiro atoms. The van der Waals surface area contributed by atoms with Gasteiger partial charge in [-0.05, 0) is 12.0 Å². The molecule has 3 rings (SSSR count). The first kappa shape index (κ1) is 9.18. The summed E-state index contributed by atoms with van der Waals surface area (Å²) in [5.41, 5.74) is 1.69. The number of alkyl halides is 3. The zero-order valence-electron chi connectivity index (χ0n) is 7.80. The second-order valence-corrected chi connectivity index (χ2v) is 3.88. The summed E-state index contributed by atoms with van der Waals surface area (Å²) in [6.07, 6.45) is -3.59. The molecule has 0 saturated carbocycles. The van der Waals surface area contributed by atoms with Crippen molar-refractivity contribution in [1.29, 1.82) is 0 Å². The third kappa shape index (κ3) is 1.02. The van der Waals surface area contributed by atoms with Crippen molar-refractivity contribution in [3.63, 3.8) is 0 Å². The minimum atomic E-state index is -4.26. The number of hydrazine groups is 1. The van der Waals surface area contributed by atoms with E-state index in [0.717, 1.165) is 5.56 Å². The summed E-state index contributed by atoms with van der Waals surface area (Å²) in [6, 6.07) is 6.74. The number of benzene rings is 1. The van der Waals surface area contributed by atoms with Gasteiger partial charge in [-0.1, -0.05) is 24.3 Å². The molecule has 1 N–H and O–H groups in total. The SMILES string of the molecule is FC(F)(F)C12NN1CCc1ccccc12. The number of rotatable bonds is 0. The third-order valence-corrected chi connectivity index (χ3v) is 3.07. The van der Waals surface area contributed by atoms with Crippen molar-refractivity contribution >= 4 is 0 Å². The lowest BCUT2D eigenvalue weighted by Gasteiger charge is -2.25. The first-order valence-corrected chi connectivity index (χ1v) is 4.76. The maximum atomic E-state index is 12.9. The quantitative estimate of drug-likeness (QED) is 0.666. The molecule has 5 heteroatoms. The van der Waals surface area contributed by atoms with Crippen LogP contribution in [0.5, 0.6) is 0 Å². The molecule has 15 heavy (non-hydrogen) atoms. The molecule has 0 radical (unpaired) electrons. The van der Waals surface area contributed by atoms with E-state index in [1.54, 1.807) is 24.3 Å². The fraction of sp³-hybridized carbons (Fsp3) is 0.400. The Hall–Kier alpha value is -1.07. The van der Waals surface area contributed by atoms with Gasteiger partial charge in [0.1, 0.15) is 0 Å². The Balaban J connectivity index is 2.16. The van der Waals surface area contributed by atoms with Crippen LogP contribution >= 0.6 is 0 Å². The van der Waals surface area contributed by atoms with Gasteiger partial charge in [-0.15, -0.1) is 0 Å². The molecule has 0 bridgehead atoms. The van der Waals surface area contributed by atoms with Crippen molar-refractivity contribution in [3.8, 4) is 0 Å². The molecule has 2 aliphatic rings. The molecular weight excluding hydrogens is 205 g/mol. The predicted octanol–water partition coefficient (Wildman–Crippen LogP) is 1.78. The Labute approximate surface area is 84.7 Å². The Kier molecular flexibility index (Phi) is 1.55. The average Bonchev–Trinajstić information content (AvgIpc) is 2.92. The van der Waals surface area contributed by atoms with Gasteiger partial charge in [0.25, 0.3) is 0 Å². The molecule has 2 heterocycles. The number of hydrogen-bond acceptors (Lipinski definition) is 2. The molecule has 0 amide bonds. The maximum Gasteiger partial charge on any atom is 0.426 e. The Morgan fingerprint density at radius 3 is 2.73 bits per heavy atom. The lowest BCUT2D eigenvalue weighted by molar-refractivity contribution is -0.177. The number of halogens is 3. The van der Waals surface area contributed by atoms with Crippen LogP contribution < -0.4 is 5.43 Å². The second kappa shape index (κ2) is 2.54. The number of hydrogen-bond donors (Lipinski definition) is 1. The smallest absolute Gasteiger partial charge is 0.220 e. The minimum Gasteiger partial charge on any atom is -0.220 e. The highest BCUT2D eigenvalue weighted by molar-refractivity contribution is 5.40. The van der Waals surface area contributed by atoms with E-state index in [-0.39, 0.29) is 0 Å².